The molecule has 2 aromatic rings. The van der Waals surface area contributed by atoms with Gasteiger partial charge in [0.05, 0.1) is 6.54 Å². The number of benzene rings is 2. The Kier molecular flexibility index (Phi) is 4.94. The van der Waals surface area contributed by atoms with Crippen molar-refractivity contribution >= 4 is 23.5 Å². The minimum absolute atomic E-state index is 0.0864. The van der Waals surface area contributed by atoms with Crippen molar-refractivity contribution in [3.8, 4) is 0 Å². The van der Waals surface area contributed by atoms with E-state index in [0.717, 1.165) is 12.1 Å². The summed E-state index contributed by atoms with van der Waals surface area (Å²) in [6.45, 7) is 8.88. The van der Waals surface area contributed by atoms with E-state index in [1.54, 1.807) is 4.90 Å². The maximum absolute atomic E-state index is 12.8. The van der Waals surface area contributed by atoms with Crippen LogP contribution in [0.4, 0.5) is 21.0 Å². The monoisotopic (exact) mass is 393 g/mol. The highest BCUT2D eigenvalue weighted by Crippen LogP contribution is 2.28. The van der Waals surface area contributed by atoms with Gasteiger partial charge in [-0.15, -0.1) is 0 Å². The third kappa shape index (κ3) is 4.06. The zero-order chi connectivity index (χ0) is 20.6. The quantitative estimate of drug-likeness (QED) is 0.815. The Labute approximate surface area is 171 Å². The zero-order valence-corrected chi connectivity index (χ0v) is 17.2. The fourth-order valence-corrected chi connectivity index (χ4v) is 3.75. The molecule has 2 aromatic carbocycles. The van der Waals surface area contributed by atoms with Gasteiger partial charge in [-0.3, -0.25) is 4.90 Å². The lowest BCUT2D eigenvalue weighted by molar-refractivity contribution is 0.181. The fourth-order valence-electron chi connectivity index (χ4n) is 3.75. The molecule has 29 heavy (non-hydrogen) atoms. The van der Waals surface area contributed by atoms with Crippen LogP contribution in [0.25, 0.3) is 0 Å². The van der Waals surface area contributed by atoms with Gasteiger partial charge in [0.2, 0.25) is 0 Å². The molecule has 2 aliphatic rings. The molecule has 0 bridgehead atoms. The van der Waals surface area contributed by atoms with Gasteiger partial charge in [0, 0.05) is 24.5 Å². The lowest BCUT2D eigenvalue weighted by Crippen LogP contribution is -2.39. The molecule has 1 N–H and O–H groups in total. The van der Waals surface area contributed by atoms with E-state index in [0.29, 0.717) is 31.9 Å². The number of amides is 3. The molecule has 0 radical (unpaired) electrons. The molecule has 2 heterocycles. The molecule has 6 nitrogen and oxygen atoms in total. The van der Waals surface area contributed by atoms with Gasteiger partial charge >= 0.3 is 12.1 Å². The van der Waals surface area contributed by atoms with Crippen LogP contribution in [0.2, 0.25) is 0 Å². The van der Waals surface area contributed by atoms with Crippen LogP contribution in [0.5, 0.6) is 0 Å². The topological polar surface area (TPSA) is 61.9 Å². The Bertz CT molecular complexity index is 931. The van der Waals surface area contributed by atoms with Crippen LogP contribution in [0.3, 0.4) is 0 Å². The number of anilines is 2. The van der Waals surface area contributed by atoms with E-state index in [-0.39, 0.29) is 17.5 Å². The van der Waals surface area contributed by atoms with Crippen molar-refractivity contribution in [1.82, 2.24) is 4.90 Å². The molecule has 0 aliphatic carbocycles. The van der Waals surface area contributed by atoms with Gasteiger partial charge in [-0.2, -0.15) is 0 Å². The van der Waals surface area contributed by atoms with Crippen LogP contribution in [-0.4, -0.2) is 36.7 Å². The number of fused-ring (bicyclic) bond motifs is 1. The average molecular weight is 393 g/mol. The van der Waals surface area contributed by atoms with Crippen molar-refractivity contribution in [2.24, 2.45) is 0 Å². The first-order chi connectivity index (χ1) is 13.8. The third-order valence-corrected chi connectivity index (χ3v) is 5.56. The van der Waals surface area contributed by atoms with Crippen molar-refractivity contribution < 1.29 is 14.3 Å². The lowest BCUT2D eigenvalue weighted by atomic mass is 9.84. The molecule has 2 aliphatic heterocycles. The van der Waals surface area contributed by atoms with E-state index >= 15 is 0 Å². The summed E-state index contributed by atoms with van der Waals surface area (Å²) in [7, 11) is 0. The van der Waals surface area contributed by atoms with E-state index in [2.05, 4.69) is 44.3 Å². The highest BCUT2D eigenvalue weighted by atomic mass is 16.6. The number of carbonyl (C=O) groups is 2. The number of urea groups is 1. The third-order valence-electron chi connectivity index (χ3n) is 5.56. The van der Waals surface area contributed by atoms with Gasteiger partial charge in [-0.25, -0.2) is 9.59 Å². The molecule has 0 spiro atoms. The van der Waals surface area contributed by atoms with Gasteiger partial charge in [0.25, 0.3) is 0 Å². The second-order valence-corrected chi connectivity index (χ2v) is 8.65. The van der Waals surface area contributed by atoms with Gasteiger partial charge in [-0.1, -0.05) is 39.0 Å². The zero-order valence-electron chi connectivity index (χ0n) is 17.2. The fraction of sp³-hybridized carbons (Fsp3) is 0.391. The normalized spacial score (nSPS) is 16.4. The number of nitrogens with zero attached hydrogens (tertiary/aromatic N) is 2. The predicted octanol–water partition coefficient (Wildman–Crippen LogP) is 4.53. The van der Waals surface area contributed by atoms with Crippen LogP contribution < -0.4 is 10.2 Å². The molecule has 1 fully saturated rings. The predicted molar refractivity (Wildman–Crippen MR) is 113 cm³/mol. The van der Waals surface area contributed by atoms with Gasteiger partial charge in [0.15, 0.2) is 0 Å². The molecule has 3 amide bonds. The van der Waals surface area contributed by atoms with Crippen LogP contribution in [0.15, 0.2) is 42.5 Å². The maximum atomic E-state index is 12.8. The van der Waals surface area contributed by atoms with Crippen molar-refractivity contribution in [2.45, 2.75) is 39.2 Å². The summed E-state index contributed by atoms with van der Waals surface area (Å²) in [4.78, 5) is 27.9. The molecule has 0 atom stereocenters. The number of cyclic esters (lactones) is 1. The van der Waals surface area contributed by atoms with Gasteiger partial charge in [0.1, 0.15) is 6.61 Å². The van der Waals surface area contributed by atoms with Crippen LogP contribution in [-0.2, 0) is 23.1 Å². The van der Waals surface area contributed by atoms with E-state index in [1.807, 2.05) is 29.2 Å². The van der Waals surface area contributed by atoms with E-state index in [9.17, 15) is 9.59 Å². The highest BCUT2D eigenvalue weighted by molar-refractivity contribution is 5.92. The van der Waals surface area contributed by atoms with E-state index < -0.39 is 0 Å². The highest BCUT2D eigenvalue weighted by Gasteiger charge is 2.25. The molecule has 4 rings (SSSR count). The Hall–Kier alpha value is -3.02. The van der Waals surface area contributed by atoms with Crippen molar-refractivity contribution in [3.05, 3.63) is 59.2 Å². The van der Waals surface area contributed by atoms with Crippen LogP contribution >= 0.6 is 0 Å². The van der Waals surface area contributed by atoms with Crippen LogP contribution in [0, 0.1) is 0 Å². The minimum Gasteiger partial charge on any atom is -0.447 e. The maximum Gasteiger partial charge on any atom is 0.414 e. The Morgan fingerprint density at radius 2 is 1.79 bits per heavy atom. The molecular weight excluding hydrogens is 366 g/mol. The smallest absolute Gasteiger partial charge is 0.414 e. The average Bonchev–Trinajstić information content (AvgIpc) is 3.13. The van der Waals surface area contributed by atoms with Crippen LogP contribution in [0.1, 0.15) is 37.5 Å². The summed E-state index contributed by atoms with van der Waals surface area (Å²) >= 11 is 0. The molecule has 6 heteroatoms. The first-order valence-corrected chi connectivity index (χ1v) is 10.0. The summed E-state index contributed by atoms with van der Waals surface area (Å²) < 4.78 is 4.96. The standard InChI is InChI=1S/C23H27N3O3/c1-23(2,3)18-5-4-16-10-11-25(15-17(16)14-18)21(27)24-19-6-8-20(9-7-19)26-12-13-29-22(26)28/h4-9,14H,10-13,15H2,1-3H3,(H,24,27). The summed E-state index contributed by atoms with van der Waals surface area (Å²) in [5, 5.41) is 2.97. The lowest BCUT2D eigenvalue weighted by Gasteiger charge is -2.30. The minimum atomic E-state index is -0.330. The number of hydrogen-bond acceptors (Lipinski definition) is 3. The Morgan fingerprint density at radius 3 is 2.45 bits per heavy atom. The second-order valence-electron chi connectivity index (χ2n) is 8.65. The Morgan fingerprint density at radius 1 is 1.03 bits per heavy atom. The largest absolute Gasteiger partial charge is 0.447 e. The first kappa shape index (κ1) is 19.3. The SMILES string of the molecule is CC(C)(C)c1ccc2c(c1)CN(C(=O)Nc1ccc(N3CCOC3=O)cc1)CC2. The van der Waals surface area contributed by atoms with Crippen molar-refractivity contribution in [2.75, 3.05) is 29.9 Å². The summed E-state index contributed by atoms with van der Waals surface area (Å²) in [5.74, 6) is 0. The number of hydrogen-bond donors (Lipinski definition) is 1. The number of carbonyl (C=O) groups excluding carboxylic acids is 2. The van der Waals surface area contributed by atoms with Crippen molar-refractivity contribution in [3.63, 3.8) is 0 Å². The molecule has 0 saturated carbocycles. The van der Waals surface area contributed by atoms with Gasteiger partial charge in [-0.05, 0) is 52.8 Å². The first-order valence-electron chi connectivity index (χ1n) is 10.0. The molecule has 1 saturated heterocycles. The number of nitrogens with one attached hydrogen (secondary N) is 1. The number of ether oxygens (including phenoxy) is 1. The summed E-state index contributed by atoms with van der Waals surface area (Å²) in [6.07, 6.45) is 0.534. The molecular formula is C23H27N3O3. The van der Waals surface area contributed by atoms with Crippen molar-refractivity contribution in [1.29, 1.82) is 0 Å². The molecule has 0 aromatic heterocycles. The van der Waals surface area contributed by atoms with Gasteiger partial charge < -0.3 is 15.0 Å². The Balaban J connectivity index is 1.42. The molecule has 0 unspecified atom stereocenters. The summed E-state index contributed by atoms with van der Waals surface area (Å²) in [5.41, 5.74) is 5.40. The second kappa shape index (κ2) is 7.43. The summed E-state index contributed by atoms with van der Waals surface area (Å²) in [6, 6.07) is 13.8. The van der Waals surface area contributed by atoms with E-state index in [1.165, 1.54) is 16.7 Å². The number of rotatable bonds is 2. The van der Waals surface area contributed by atoms with E-state index in [4.69, 9.17) is 4.74 Å². The molecule has 152 valence electrons.